The molecule has 0 unspecified atom stereocenters. The van der Waals surface area contributed by atoms with Gasteiger partial charge >= 0.3 is 0 Å². The van der Waals surface area contributed by atoms with Gasteiger partial charge in [-0.2, -0.15) is 0 Å². The number of hydrogen-bond donors (Lipinski definition) is 2. The van der Waals surface area contributed by atoms with Crippen LogP contribution in [-0.2, 0) is 4.79 Å². The summed E-state index contributed by atoms with van der Waals surface area (Å²) in [5.41, 5.74) is 1.25. The van der Waals surface area contributed by atoms with E-state index < -0.39 is 0 Å². The Morgan fingerprint density at radius 3 is 2.69 bits per heavy atom. The zero-order valence-corrected chi connectivity index (χ0v) is 9.43. The van der Waals surface area contributed by atoms with Crippen LogP contribution in [0.2, 0.25) is 0 Å². The number of carbonyl (C=O) groups is 1. The van der Waals surface area contributed by atoms with E-state index in [1.807, 2.05) is 24.3 Å². The molecule has 16 heavy (non-hydrogen) atoms. The largest absolute Gasteiger partial charge is 0.496 e. The van der Waals surface area contributed by atoms with E-state index in [9.17, 15) is 4.79 Å². The van der Waals surface area contributed by atoms with Crippen LogP contribution in [0, 0.1) is 0 Å². The molecule has 4 nitrogen and oxygen atoms in total. The molecular formula is C11H10N2O2S. The Hall–Kier alpha value is -1.88. The quantitative estimate of drug-likeness (QED) is 0.593. The van der Waals surface area contributed by atoms with Crippen molar-refractivity contribution in [2.45, 2.75) is 0 Å². The fourth-order valence-electron chi connectivity index (χ4n) is 1.42. The van der Waals surface area contributed by atoms with Gasteiger partial charge in [0.1, 0.15) is 11.4 Å². The summed E-state index contributed by atoms with van der Waals surface area (Å²) >= 11 is 4.84. The maximum absolute atomic E-state index is 11.4. The van der Waals surface area contributed by atoms with Crippen LogP contribution in [-0.4, -0.2) is 18.1 Å². The number of para-hydroxylation sites is 1. The van der Waals surface area contributed by atoms with Gasteiger partial charge in [0.05, 0.1) is 7.11 Å². The molecule has 2 N–H and O–H groups in total. The van der Waals surface area contributed by atoms with E-state index in [4.69, 9.17) is 17.0 Å². The molecule has 0 atom stereocenters. The first-order valence-electron chi connectivity index (χ1n) is 4.68. The van der Waals surface area contributed by atoms with Gasteiger partial charge in [0.25, 0.3) is 5.91 Å². The zero-order chi connectivity index (χ0) is 11.5. The number of hydrogen-bond acceptors (Lipinski definition) is 3. The van der Waals surface area contributed by atoms with E-state index in [1.54, 1.807) is 13.2 Å². The third kappa shape index (κ3) is 2.04. The van der Waals surface area contributed by atoms with Crippen molar-refractivity contribution in [2.75, 3.05) is 7.11 Å². The SMILES string of the molecule is COc1ccccc1/C=C1/NC(=S)NC1=O. The first-order valence-corrected chi connectivity index (χ1v) is 5.08. The van der Waals surface area contributed by atoms with Crippen LogP contribution in [0.5, 0.6) is 5.75 Å². The van der Waals surface area contributed by atoms with Crippen LogP contribution in [0.1, 0.15) is 5.56 Å². The van der Waals surface area contributed by atoms with Gasteiger partial charge in [-0.05, 0) is 24.4 Å². The molecule has 1 fully saturated rings. The summed E-state index contributed by atoms with van der Waals surface area (Å²) in [6.07, 6.45) is 1.70. The maximum atomic E-state index is 11.4. The Balaban J connectivity index is 2.36. The summed E-state index contributed by atoms with van der Waals surface area (Å²) in [7, 11) is 1.59. The van der Waals surface area contributed by atoms with Crippen molar-refractivity contribution in [1.82, 2.24) is 10.6 Å². The molecule has 0 aliphatic carbocycles. The van der Waals surface area contributed by atoms with Crippen LogP contribution in [0.3, 0.4) is 0 Å². The Morgan fingerprint density at radius 1 is 1.31 bits per heavy atom. The van der Waals surface area contributed by atoms with Gasteiger partial charge in [0.15, 0.2) is 5.11 Å². The van der Waals surface area contributed by atoms with Gasteiger partial charge in [-0.3, -0.25) is 10.1 Å². The maximum Gasteiger partial charge on any atom is 0.273 e. The lowest BCUT2D eigenvalue weighted by Gasteiger charge is -2.04. The number of amides is 1. The highest BCUT2D eigenvalue weighted by Gasteiger charge is 2.20. The number of benzene rings is 1. The molecule has 1 amide bonds. The molecule has 1 heterocycles. The normalized spacial score (nSPS) is 17.2. The lowest BCUT2D eigenvalue weighted by molar-refractivity contribution is -0.115. The summed E-state index contributed by atoms with van der Waals surface area (Å²) in [4.78, 5) is 11.4. The van der Waals surface area contributed by atoms with E-state index in [2.05, 4.69) is 10.6 Å². The Morgan fingerprint density at radius 2 is 2.06 bits per heavy atom. The molecule has 0 aromatic heterocycles. The second-order valence-electron chi connectivity index (χ2n) is 3.21. The summed E-state index contributed by atoms with van der Waals surface area (Å²) in [5.74, 6) is 0.485. The number of methoxy groups -OCH3 is 1. The molecule has 0 saturated carbocycles. The molecule has 2 rings (SSSR count). The van der Waals surface area contributed by atoms with E-state index >= 15 is 0 Å². The Kier molecular flexibility index (Phi) is 2.87. The molecule has 0 spiro atoms. The monoisotopic (exact) mass is 234 g/mol. The third-order valence-electron chi connectivity index (χ3n) is 2.16. The average Bonchev–Trinajstić information content (AvgIpc) is 2.58. The second kappa shape index (κ2) is 4.32. The standard InChI is InChI=1S/C11H10N2O2S/c1-15-9-5-3-2-4-7(9)6-8-10(14)13-11(16)12-8/h2-6H,1H3,(H2,12,13,14,16)/b8-6+. The average molecular weight is 234 g/mol. The van der Waals surface area contributed by atoms with Crippen molar-refractivity contribution < 1.29 is 9.53 Å². The van der Waals surface area contributed by atoms with E-state index in [0.717, 1.165) is 5.56 Å². The number of rotatable bonds is 2. The number of thiocarbonyl (C=S) groups is 1. The predicted octanol–water partition coefficient (Wildman–Crippen LogP) is 1.04. The van der Waals surface area contributed by atoms with Crippen molar-refractivity contribution in [2.24, 2.45) is 0 Å². The van der Waals surface area contributed by atoms with Crippen LogP contribution in [0.4, 0.5) is 0 Å². The van der Waals surface area contributed by atoms with Crippen molar-refractivity contribution >= 4 is 29.3 Å². The highest BCUT2D eigenvalue weighted by molar-refractivity contribution is 7.80. The predicted molar refractivity (Wildman–Crippen MR) is 64.8 cm³/mol. The molecule has 82 valence electrons. The van der Waals surface area contributed by atoms with Gasteiger partial charge in [0, 0.05) is 5.56 Å². The Bertz CT molecular complexity index is 483. The van der Waals surface area contributed by atoms with Crippen LogP contribution < -0.4 is 15.4 Å². The summed E-state index contributed by atoms with van der Waals surface area (Å²) in [6.45, 7) is 0. The zero-order valence-electron chi connectivity index (χ0n) is 8.61. The highest BCUT2D eigenvalue weighted by Crippen LogP contribution is 2.20. The topological polar surface area (TPSA) is 50.4 Å². The van der Waals surface area contributed by atoms with E-state index in [-0.39, 0.29) is 5.91 Å². The molecule has 1 aromatic rings. The minimum Gasteiger partial charge on any atom is -0.496 e. The van der Waals surface area contributed by atoms with Gasteiger partial charge in [-0.25, -0.2) is 0 Å². The van der Waals surface area contributed by atoms with Crippen LogP contribution in [0.25, 0.3) is 6.08 Å². The summed E-state index contributed by atoms with van der Waals surface area (Å²) < 4.78 is 5.18. The molecule has 1 aliphatic heterocycles. The first-order chi connectivity index (χ1) is 7.70. The number of nitrogens with one attached hydrogen (secondary N) is 2. The van der Waals surface area contributed by atoms with E-state index in [0.29, 0.717) is 16.6 Å². The van der Waals surface area contributed by atoms with Gasteiger partial charge in [0.2, 0.25) is 0 Å². The summed E-state index contributed by atoms with van der Waals surface area (Å²) in [5, 5.41) is 5.60. The lowest BCUT2D eigenvalue weighted by atomic mass is 10.1. The van der Waals surface area contributed by atoms with Gasteiger partial charge in [-0.15, -0.1) is 0 Å². The molecule has 1 aromatic carbocycles. The van der Waals surface area contributed by atoms with Gasteiger partial charge < -0.3 is 10.1 Å². The minimum atomic E-state index is -0.226. The summed E-state index contributed by atoms with van der Waals surface area (Å²) in [6, 6.07) is 7.44. The van der Waals surface area contributed by atoms with Crippen LogP contribution in [0.15, 0.2) is 30.0 Å². The number of carbonyl (C=O) groups excluding carboxylic acids is 1. The fraction of sp³-hybridized carbons (Fsp3) is 0.0909. The molecule has 0 bridgehead atoms. The van der Waals surface area contributed by atoms with E-state index in [1.165, 1.54) is 0 Å². The third-order valence-corrected chi connectivity index (χ3v) is 2.36. The molecule has 1 aliphatic rings. The van der Waals surface area contributed by atoms with Crippen molar-refractivity contribution in [3.8, 4) is 5.75 Å². The van der Waals surface area contributed by atoms with Gasteiger partial charge in [-0.1, -0.05) is 18.2 Å². The highest BCUT2D eigenvalue weighted by atomic mass is 32.1. The molecule has 1 saturated heterocycles. The smallest absolute Gasteiger partial charge is 0.273 e. The molecular weight excluding hydrogens is 224 g/mol. The molecule has 0 radical (unpaired) electrons. The second-order valence-corrected chi connectivity index (χ2v) is 3.62. The lowest BCUT2D eigenvalue weighted by Crippen LogP contribution is -2.21. The van der Waals surface area contributed by atoms with Crippen molar-refractivity contribution in [3.05, 3.63) is 35.5 Å². The molecule has 5 heteroatoms. The van der Waals surface area contributed by atoms with Crippen LogP contribution >= 0.6 is 12.2 Å². The van der Waals surface area contributed by atoms with Crippen molar-refractivity contribution in [3.63, 3.8) is 0 Å². The fourth-order valence-corrected chi connectivity index (χ4v) is 1.63. The minimum absolute atomic E-state index is 0.226. The van der Waals surface area contributed by atoms with Crippen molar-refractivity contribution in [1.29, 1.82) is 0 Å². The Labute approximate surface area is 98.3 Å². The number of ether oxygens (including phenoxy) is 1. The first kappa shape index (κ1) is 10.6.